The van der Waals surface area contributed by atoms with Gasteiger partial charge in [-0.15, -0.1) is 0 Å². The summed E-state index contributed by atoms with van der Waals surface area (Å²) in [6.45, 7) is 5.20. The van der Waals surface area contributed by atoms with Crippen molar-refractivity contribution in [2.45, 2.75) is 39.7 Å². The van der Waals surface area contributed by atoms with E-state index in [4.69, 9.17) is 0 Å². The van der Waals surface area contributed by atoms with Gasteiger partial charge in [0.05, 0.1) is 11.1 Å². The van der Waals surface area contributed by atoms with E-state index in [2.05, 4.69) is 22.5 Å². The van der Waals surface area contributed by atoms with Crippen LogP contribution in [0, 0.1) is 6.92 Å². The Labute approximate surface area is 148 Å². The Hall–Kier alpha value is -2.69. The lowest BCUT2D eigenvalue weighted by Crippen LogP contribution is -2.26. The monoisotopic (exact) mass is 339 g/mol. The third-order valence-electron chi connectivity index (χ3n) is 4.03. The minimum atomic E-state index is -0.239. The van der Waals surface area contributed by atoms with Gasteiger partial charge < -0.3 is 10.6 Å². The largest absolute Gasteiger partial charge is 0.352 e. The number of benzene rings is 1. The lowest BCUT2D eigenvalue weighted by atomic mass is 10.1. The standard InChI is InChI=1S/C20H25N3O2/c1-3-4-7-10-22-19(24)17-11-18(13-21-12-17)20(25)23-14-16-9-6-5-8-15(16)2/h5-6,8-9,11-13H,3-4,7,10,14H2,1-2H3,(H,22,24)(H,23,25). The number of aryl methyl sites for hydroxylation is 1. The van der Waals surface area contributed by atoms with Crippen LogP contribution in [0.15, 0.2) is 42.7 Å². The van der Waals surface area contributed by atoms with Crippen molar-refractivity contribution >= 4 is 11.8 Å². The van der Waals surface area contributed by atoms with Gasteiger partial charge in [0.15, 0.2) is 0 Å². The number of aromatic nitrogens is 1. The zero-order valence-electron chi connectivity index (χ0n) is 14.8. The molecule has 0 atom stereocenters. The normalized spacial score (nSPS) is 10.3. The summed E-state index contributed by atoms with van der Waals surface area (Å²) in [7, 11) is 0. The minimum absolute atomic E-state index is 0.197. The summed E-state index contributed by atoms with van der Waals surface area (Å²) in [6, 6.07) is 9.47. The predicted molar refractivity (Wildman–Crippen MR) is 98.4 cm³/mol. The van der Waals surface area contributed by atoms with Crippen LogP contribution < -0.4 is 10.6 Å². The summed E-state index contributed by atoms with van der Waals surface area (Å²) in [5.74, 6) is -0.437. The third-order valence-corrected chi connectivity index (χ3v) is 4.03. The molecule has 132 valence electrons. The topological polar surface area (TPSA) is 71.1 Å². The second-order valence-corrected chi connectivity index (χ2v) is 6.03. The van der Waals surface area contributed by atoms with Crippen molar-refractivity contribution in [1.29, 1.82) is 0 Å². The van der Waals surface area contributed by atoms with Crippen LogP contribution in [0.4, 0.5) is 0 Å². The molecule has 1 aromatic heterocycles. The van der Waals surface area contributed by atoms with Crippen molar-refractivity contribution in [3.05, 3.63) is 65.0 Å². The van der Waals surface area contributed by atoms with Gasteiger partial charge in [-0.3, -0.25) is 14.6 Å². The Kier molecular flexibility index (Phi) is 7.14. The molecule has 0 bridgehead atoms. The lowest BCUT2D eigenvalue weighted by Gasteiger charge is -2.09. The number of rotatable bonds is 8. The number of carbonyl (C=O) groups is 2. The molecule has 1 heterocycles. The maximum Gasteiger partial charge on any atom is 0.253 e. The molecule has 0 aliphatic heterocycles. The second-order valence-electron chi connectivity index (χ2n) is 6.03. The van der Waals surface area contributed by atoms with E-state index >= 15 is 0 Å². The first-order valence-corrected chi connectivity index (χ1v) is 8.67. The van der Waals surface area contributed by atoms with Crippen LogP contribution in [0.5, 0.6) is 0 Å². The molecule has 0 radical (unpaired) electrons. The Balaban J connectivity index is 1.94. The maximum absolute atomic E-state index is 12.3. The van der Waals surface area contributed by atoms with Gasteiger partial charge in [0.1, 0.15) is 0 Å². The van der Waals surface area contributed by atoms with Gasteiger partial charge in [-0.2, -0.15) is 0 Å². The number of hydrogen-bond donors (Lipinski definition) is 2. The SMILES string of the molecule is CCCCCNC(=O)c1cncc(C(=O)NCc2ccccc2C)c1. The highest BCUT2D eigenvalue weighted by Crippen LogP contribution is 2.08. The van der Waals surface area contributed by atoms with Crippen molar-refractivity contribution in [2.75, 3.05) is 6.54 Å². The Bertz CT molecular complexity index is 728. The molecule has 5 nitrogen and oxygen atoms in total. The first-order chi connectivity index (χ1) is 12.1. The molecular weight excluding hydrogens is 314 g/mol. The number of unbranched alkanes of at least 4 members (excludes halogenated alkanes) is 2. The van der Waals surface area contributed by atoms with Gasteiger partial charge in [0.2, 0.25) is 0 Å². The van der Waals surface area contributed by atoms with Crippen molar-refractivity contribution in [1.82, 2.24) is 15.6 Å². The molecule has 25 heavy (non-hydrogen) atoms. The van der Waals surface area contributed by atoms with Crippen molar-refractivity contribution in [3.63, 3.8) is 0 Å². The van der Waals surface area contributed by atoms with E-state index in [0.717, 1.165) is 30.4 Å². The smallest absolute Gasteiger partial charge is 0.253 e. The number of nitrogens with zero attached hydrogens (tertiary/aromatic N) is 1. The second kappa shape index (κ2) is 9.57. The van der Waals surface area contributed by atoms with Crippen LogP contribution in [-0.4, -0.2) is 23.3 Å². The molecule has 0 spiro atoms. The molecule has 0 unspecified atom stereocenters. The van der Waals surface area contributed by atoms with E-state index in [1.54, 1.807) is 6.07 Å². The number of hydrogen-bond acceptors (Lipinski definition) is 3. The van der Waals surface area contributed by atoms with E-state index in [1.807, 2.05) is 31.2 Å². The molecular formula is C20H25N3O2. The summed E-state index contributed by atoms with van der Waals surface area (Å²) < 4.78 is 0. The summed E-state index contributed by atoms with van der Waals surface area (Å²) >= 11 is 0. The number of nitrogens with one attached hydrogen (secondary N) is 2. The zero-order valence-corrected chi connectivity index (χ0v) is 14.8. The quantitative estimate of drug-likeness (QED) is 0.725. The highest BCUT2D eigenvalue weighted by atomic mass is 16.2. The summed E-state index contributed by atoms with van der Waals surface area (Å²) in [4.78, 5) is 28.5. The Morgan fingerprint density at radius 1 is 1.00 bits per heavy atom. The fraction of sp³-hybridized carbons (Fsp3) is 0.350. The number of pyridine rings is 1. The van der Waals surface area contributed by atoms with Crippen molar-refractivity contribution in [2.24, 2.45) is 0 Å². The Morgan fingerprint density at radius 3 is 2.36 bits per heavy atom. The summed E-state index contributed by atoms with van der Waals surface area (Å²) in [5, 5.41) is 5.73. The van der Waals surface area contributed by atoms with Crippen LogP contribution in [0.1, 0.15) is 58.0 Å². The van der Waals surface area contributed by atoms with Gasteiger partial charge in [0, 0.05) is 25.5 Å². The van der Waals surface area contributed by atoms with Crippen LogP contribution in [-0.2, 0) is 6.54 Å². The van der Waals surface area contributed by atoms with Crippen molar-refractivity contribution < 1.29 is 9.59 Å². The Morgan fingerprint density at radius 2 is 1.68 bits per heavy atom. The van der Waals surface area contributed by atoms with E-state index in [0.29, 0.717) is 24.2 Å². The molecule has 0 aliphatic rings. The third kappa shape index (κ3) is 5.71. The lowest BCUT2D eigenvalue weighted by molar-refractivity contribution is 0.0950. The number of amides is 2. The molecule has 1 aromatic carbocycles. The molecule has 0 saturated heterocycles. The molecule has 0 aliphatic carbocycles. The van der Waals surface area contributed by atoms with E-state index in [9.17, 15) is 9.59 Å². The summed E-state index contributed by atoms with van der Waals surface area (Å²) in [6.07, 6.45) is 6.09. The van der Waals surface area contributed by atoms with E-state index in [1.165, 1.54) is 12.4 Å². The highest BCUT2D eigenvalue weighted by molar-refractivity contribution is 5.99. The average molecular weight is 339 g/mol. The van der Waals surface area contributed by atoms with Gasteiger partial charge >= 0.3 is 0 Å². The van der Waals surface area contributed by atoms with Gasteiger partial charge in [0.25, 0.3) is 11.8 Å². The average Bonchev–Trinajstić information content (AvgIpc) is 2.64. The molecule has 2 rings (SSSR count). The molecule has 2 amide bonds. The molecule has 0 saturated carbocycles. The fourth-order valence-corrected chi connectivity index (χ4v) is 2.45. The summed E-state index contributed by atoms with van der Waals surface area (Å²) in [5.41, 5.74) is 2.98. The molecule has 5 heteroatoms. The zero-order chi connectivity index (χ0) is 18.1. The molecule has 2 N–H and O–H groups in total. The van der Waals surface area contributed by atoms with Gasteiger partial charge in [-0.25, -0.2) is 0 Å². The van der Waals surface area contributed by atoms with Crippen LogP contribution in [0.25, 0.3) is 0 Å². The van der Waals surface area contributed by atoms with Gasteiger partial charge in [-0.1, -0.05) is 44.0 Å². The van der Waals surface area contributed by atoms with Gasteiger partial charge in [-0.05, 0) is 30.5 Å². The first-order valence-electron chi connectivity index (χ1n) is 8.67. The molecule has 2 aromatic rings. The number of carbonyl (C=O) groups excluding carboxylic acids is 2. The fourth-order valence-electron chi connectivity index (χ4n) is 2.45. The first kappa shape index (κ1) is 18.6. The van der Waals surface area contributed by atoms with Crippen LogP contribution in [0.2, 0.25) is 0 Å². The van der Waals surface area contributed by atoms with Crippen LogP contribution >= 0.6 is 0 Å². The van der Waals surface area contributed by atoms with E-state index < -0.39 is 0 Å². The van der Waals surface area contributed by atoms with E-state index in [-0.39, 0.29) is 11.8 Å². The van der Waals surface area contributed by atoms with Crippen LogP contribution in [0.3, 0.4) is 0 Å². The minimum Gasteiger partial charge on any atom is -0.352 e. The predicted octanol–water partition coefficient (Wildman–Crippen LogP) is 3.24. The molecule has 0 fully saturated rings. The highest BCUT2D eigenvalue weighted by Gasteiger charge is 2.11. The maximum atomic E-state index is 12.3. The van der Waals surface area contributed by atoms with Crippen molar-refractivity contribution in [3.8, 4) is 0 Å².